The summed E-state index contributed by atoms with van der Waals surface area (Å²) in [4.78, 5) is 18.6. The number of nitrogens with one attached hydrogen (secondary N) is 1. The normalized spacial score (nSPS) is 11.4. The monoisotopic (exact) mass is 287 g/mol. The van der Waals surface area contributed by atoms with Crippen LogP contribution >= 0.6 is 0 Å². The van der Waals surface area contributed by atoms with Gasteiger partial charge in [0.1, 0.15) is 0 Å². The number of aromatic nitrogens is 3. The Bertz CT molecular complexity index is 679. The van der Waals surface area contributed by atoms with Crippen LogP contribution in [-0.2, 0) is 6.54 Å². The first kappa shape index (κ1) is 15.3. The average Bonchev–Trinajstić information content (AvgIpc) is 2.90. The van der Waals surface area contributed by atoms with Crippen LogP contribution in [0.2, 0.25) is 0 Å². The van der Waals surface area contributed by atoms with Crippen LogP contribution in [0.1, 0.15) is 32.4 Å². The fourth-order valence-corrected chi connectivity index (χ4v) is 2.21. The van der Waals surface area contributed by atoms with Crippen LogP contribution in [0, 0.1) is 17.2 Å². The Morgan fingerprint density at radius 3 is 3.00 bits per heavy atom. The van der Waals surface area contributed by atoms with E-state index in [0.29, 0.717) is 31.1 Å². The third kappa shape index (κ3) is 4.17. The van der Waals surface area contributed by atoms with Gasteiger partial charge in [0, 0.05) is 37.8 Å². The number of rotatable bonds is 7. The first-order valence-electron chi connectivity index (χ1n) is 7.25. The minimum Gasteiger partial charge on any atom is -0.297 e. The number of H-pyrrole nitrogens is 1. The lowest BCUT2D eigenvalue weighted by Crippen LogP contribution is -2.28. The highest BCUT2D eigenvalue weighted by molar-refractivity contribution is 5.36. The van der Waals surface area contributed by atoms with Crippen LogP contribution in [0.25, 0.3) is 5.65 Å². The maximum atomic E-state index is 11.9. The molecule has 0 amide bonds. The molecule has 0 aliphatic heterocycles. The molecule has 0 bridgehead atoms. The molecule has 2 rings (SSSR count). The Morgan fingerprint density at radius 2 is 2.29 bits per heavy atom. The van der Waals surface area contributed by atoms with Gasteiger partial charge in [-0.2, -0.15) is 5.26 Å². The summed E-state index contributed by atoms with van der Waals surface area (Å²) in [5, 5.41) is 11.6. The molecular formula is C15H21N5O. The molecule has 21 heavy (non-hydrogen) atoms. The van der Waals surface area contributed by atoms with Crippen LogP contribution in [0.4, 0.5) is 0 Å². The van der Waals surface area contributed by atoms with E-state index in [2.05, 4.69) is 34.9 Å². The van der Waals surface area contributed by atoms with Gasteiger partial charge in [-0.1, -0.05) is 13.8 Å². The zero-order chi connectivity index (χ0) is 15.2. The summed E-state index contributed by atoms with van der Waals surface area (Å²) in [6.45, 7) is 6.58. The standard InChI is InChI=1S/C15H21N5O/c1-12(2)5-9-19(8-3-6-16)11-13-10-15(21)20-14(18-13)4-7-17-20/h4,7,10,12,17H,3,5,8-9,11H2,1-2H3. The minimum absolute atomic E-state index is 0.107. The van der Waals surface area contributed by atoms with Gasteiger partial charge in [0.2, 0.25) is 0 Å². The van der Waals surface area contributed by atoms with Gasteiger partial charge in [-0.3, -0.25) is 14.8 Å². The van der Waals surface area contributed by atoms with Gasteiger partial charge < -0.3 is 0 Å². The van der Waals surface area contributed by atoms with Crippen LogP contribution in [0.5, 0.6) is 0 Å². The molecule has 112 valence electrons. The number of hydrogen-bond donors (Lipinski definition) is 1. The highest BCUT2D eigenvalue weighted by Gasteiger charge is 2.10. The highest BCUT2D eigenvalue weighted by Crippen LogP contribution is 2.07. The molecular weight excluding hydrogens is 266 g/mol. The SMILES string of the molecule is CC(C)CCN(CCC#N)Cc1cc(=O)n2[nH]ccc2n1. The molecule has 0 aliphatic carbocycles. The molecule has 0 radical (unpaired) electrons. The summed E-state index contributed by atoms with van der Waals surface area (Å²) in [5.74, 6) is 0.611. The quantitative estimate of drug-likeness (QED) is 0.842. The summed E-state index contributed by atoms with van der Waals surface area (Å²) < 4.78 is 1.41. The van der Waals surface area contributed by atoms with Crippen LogP contribution < -0.4 is 5.56 Å². The predicted molar refractivity (Wildman–Crippen MR) is 80.8 cm³/mol. The summed E-state index contributed by atoms with van der Waals surface area (Å²) in [6, 6.07) is 5.51. The molecule has 0 unspecified atom stereocenters. The second kappa shape index (κ2) is 7.04. The number of nitrogens with zero attached hydrogens (tertiary/aromatic N) is 4. The van der Waals surface area contributed by atoms with Crippen molar-refractivity contribution in [1.82, 2.24) is 19.5 Å². The van der Waals surface area contributed by atoms with Gasteiger partial charge >= 0.3 is 0 Å². The predicted octanol–water partition coefficient (Wildman–Crippen LogP) is 1.78. The maximum absolute atomic E-state index is 11.9. The van der Waals surface area contributed by atoms with Crippen LogP contribution in [0.15, 0.2) is 23.1 Å². The van der Waals surface area contributed by atoms with E-state index in [1.54, 1.807) is 18.3 Å². The molecule has 0 fully saturated rings. The zero-order valence-electron chi connectivity index (χ0n) is 12.5. The molecule has 6 heteroatoms. The van der Waals surface area contributed by atoms with Crippen molar-refractivity contribution in [2.75, 3.05) is 13.1 Å². The van der Waals surface area contributed by atoms with E-state index < -0.39 is 0 Å². The Labute approximate surface area is 124 Å². The molecule has 0 saturated heterocycles. The highest BCUT2D eigenvalue weighted by atomic mass is 16.1. The topological polar surface area (TPSA) is 77.2 Å². The maximum Gasteiger partial charge on any atom is 0.272 e. The molecule has 0 aliphatic rings. The van der Waals surface area contributed by atoms with E-state index in [1.165, 1.54) is 4.52 Å². The van der Waals surface area contributed by atoms with Crippen molar-refractivity contribution in [1.29, 1.82) is 5.26 Å². The first-order chi connectivity index (χ1) is 10.1. The van der Waals surface area contributed by atoms with Crippen LogP contribution in [-0.4, -0.2) is 32.6 Å². The second-order valence-corrected chi connectivity index (χ2v) is 5.61. The molecule has 0 aromatic carbocycles. The van der Waals surface area contributed by atoms with Gasteiger partial charge in [0.05, 0.1) is 11.8 Å². The Hall–Kier alpha value is -2.13. The second-order valence-electron chi connectivity index (χ2n) is 5.61. The van der Waals surface area contributed by atoms with E-state index in [-0.39, 0.29) is 5.56 Å². The molecule has 2 aromatic rings. The summed E-state index contributed by atoms with van der Waals surface area (Å²) in [6.07, 6.45) is 3.25. The lowest BCUT2D eigenvalue weighted by molar-refractivity contribution is 0.252. The Morgan fingerprint density at radius 1 is 1.48 bits per heavy atom. The molecule has 6 nitrogen and oxygen atoms in total. The van der Waals surface area contributed by atoms with Crippen LogP contribution in [0.3, 0.4) is 0 Å². The van der Waals surface area contributed by atoms with E-state index in [0.717, 1.165) is 18.7 Å². The van der Waals surface area contributed by atoms with Crippen molar-refractivity contribution in [3.63, 3.8) is 0 Å². The zero-order valence-corrected chi connectivity index (χ0v) is 12.5. The lowest BCUT2D eigenvalue weighted by Gasteiger charge is -2.21. The number of fused-ring (bicyclic) bond motifs is 1. The smallest absolute Gasteiger partial charge is 0.272 e. The third-order valence-corrected chi connectivity index (χ3v) is 3.38. The fraction of sp³-hybridized carbons (Fsp3) is 0.533. The molecule has 2 heterocycles. The largest absolute Gasteiger partial charge is 0.297 e. The van der Waals surface area contributed by atoms with Crippen molar-refractivity contribution < 1.29 is 0 Å². The summed E-state index contributed by atoms with van der Waals surface area (Å²) >= 11 is 0. The van der Waals surface area contributed by atoms with Gasteiger partial charge in [-0.25, -0.2) is 9.50 Å². The molecule has 0 saturated carbocycles. The van der Waals surface area contributed by atoms with E-state index in [1.807, 2.05) is 0 Å². The summed E-state index contributed by atoms with van der Waals surface area (Å²) in [7, 11) is 0. The molecule has 0 atom stereocenters. The van der Waals surface area contributed by atoms with Crippen molar-refractivity contribution in [2.45, 2.75) is 33.2 Å². The Kier molecular flexibility index (Phi) is 5.12. The average molecular weight is 287 g/mol. The van der Waals surface area contributed by atoms with Gasteiger partial charge in [0.25, 0.3) is 5.56 Å². The number of aromatic amines is 1. The molecule has 2 aromatic heterocycles. The lowest BCUT2D eigenvalue weighted by atomic mass is 10.1. The minimum atomic E-state index is -0.107. The van der Waals surface area contributed by atoms with Gasteiger partial charge in [-0.15, -0.1) is 0 Å². The van der Waals surface area contributed by atoms with Crippen molar-refractivity contribution in [3.05, 3.63) is 34.4 Å². The molecule has 0 spiro atoms. The summed E-state index contributed by atoms with van der Waals surface area (Å²) in [5.41, 5.74) is 1.27. The number of nitriles is 1. The van der Waals surface area contributed by atoms with E-state index in [4.69, 9.17) is 5.26 Å². The van der Waals surface area contributed by atoms with E-state index >= 15 is 0 Å². The van der Waals surface area contributed by atoms with Crippen molar-refractivity contribution >= 4 is 5.65 Å². The third-order valence-electron chi connectivity index (χ3n) is 3.38. The molecule has 1 N–H and O–H groups in total. The van der Waals surface area contributed by atoms with Gasteiger partial charge in [0.15, 0.2) is 5.65 Å². The van der Waals surface area contributed by atoms with Crippen molar-refractivity contribution in [3.8, 4) is 6.07 Å². The first-order valence-corrected chi connectivity index (χ1v) is 7.25. The fourth-order valence-electron chi connectivity index (χ4n) is 2.21. The Balaban J connectivity index is 2.13. The van der Waals surface area contributed by atoms with Gasteiger partial charge in [-0.05, 0) is 18.9 Å². The number of hydrogen-bond acceptors (Lipinski definition) is 4. The van der Waals surface area contributed by atoms with E-state index in [9.17, 15) is 4.79 Å². The van der Waals surface area contributed by atoms with Crippen molar-refractivity contribution in [2.24, 2.45) is 5.92 Å².